The van der Waals surface area contributed by atoms with E-state index >= 15 is 0 Å². The number of carbonyl (C=O) groups is 1. The molecule has 2 aliphatic heterocycles. The molecule has 0 spiro atoms. The summed E-state index contributed by atoms with van der Waals surface area (Å²) in [6.07, 6.45) is 7.24. The van der Waals surface area contributed by atoms with Gasteiger partial charge in [0.05, 0.1) is 5.75 Å². The lowest BCUT2D eigenvalue weighted by atomic mass is 10.1. The van der Waals surface area contributed by atoms with Crippen LogP contribution >= 0.6 is 23.5 Å². The quantitative estimate of drug-likeness (QED) is 0.727. The fourth-order valence-electron chi connectivity index (χ4n) is 3.39. The molecule has 0 radical (unpaired) electrons. The molecule has 2 fully saturated rings. The van der Waals surface area contributed by atoms with Crippen LogP contribution in [0.25, 0.3) is 0 Å². The third-order valence-electron chi connectivity index (χ3n) is 4.69. The van der Waals surface area contributed by atoms with E-state index in [2.05, 4.69) is 40.3 Å². The van der Waals surface area contributed by atoms with Crippen LogP contribution in [0.1, 0.15) is 36.6 Å². The summed E-state index contributed by atoms with van der Waals surface area (Å²) in [5, 5.41) is 0.208. The number of likely N-dealkylation sites (tertiary alicyclic amines) is 1. The molecule has 1 aromatic carbocycles. The molecule has 126 valence electrons. The van der Waals surface area contributed by atoms with Gasteiger partial charge in [0.15, 0.2) is 0 Å². The number of thioether (sulfide) groups is 2. The number of hydrogen-bond acceptors (Lipinski definition) is 4. The zero-order chi connectivity index (χ0) is 16.1. The molecule has 3 nitrogen and oxygen atoms in total. The van der Waals surface area contributed by atoms with Gasteiger partial charge in [-0.2, -0.15) is 0 Å². The van der Waals surface area contributed by atoms with Gasteiger partial charge in [0.1, 0.15) is 5.37 Å². The lowest BCUT2D eigenvalue weighted by Crippen LogP contribution is -2.34. The number of hydrogen-bond donors (Lipinski definition) is 0. The molecule has 0 aromatic heterocycles. The molecule has 0 bridgehead atoms. The molecule has 1 atom stereocenters. The van der Waals surface area contributed by atoms with Gasteiger partial charge < -0.3 is 9.80 Å². The van der Waals surface area contributed by atoms with Crippen LogP contribution in [0.15, 0.2) is 29.2 Å². The van der Waals surface area contributed by atoms with E-state index in [0.29, 0.717) is 11.7 Å². The van der Waals surface area contributed by atoms with Crippen molar-refractivity contribution in [3.8, 4) is 0 Å². The van der Waals surface area contributed by atoms with Crippen LogP contribution in [-0.2, 0) is 4.79 Å². The van der Waals surface area contributed by atoms with Crippen LogP contribution in [0.5, 0.6) is 0 Å². The predicted molar refractivity (Wildman–Crippen MR) is 100 cm³/mol. The second-order valence-electron chi connectivity index (χ2n) is 6.28. The van der Waals surface area contributed by atoms with E-state index < -0.39 is 0 Å². The van der Waals surface area contributed by atoms with Crippen LogP contribution in [0.4, 0.5) is 0 Å². The van der Waals surface area contributed by atoms with Gasteiger partial charge in [0, 0.05) is 11.4 Å². The second kappa shape index (κ2) is 8.45. The van der Waals surface area contributed by atoms with Gasteiger partial charge in [0.2, 0.25) is 5.91 Å². The van der Waals surface area contributed by atoms with Crippen molar-refractivity contribution in [2.45, 2.75) is 36.0 Å². The number of rotatable bonds is 6. The van der Waals surface area contributed by atoms with E-state index in [0.717, 1.165) is 19.5 Å². The third kappa shape index (κ3) is 4.46. The van der Waals surface area contributed by atoms with Crippen LogP contribution < -0.4 is 0 Å². The minimum absolute atomic E-state index is 0.208. The van der Waals surface area contributed by atoms with Crippen LogP contribution in [0, 0.1) is 0 Å². The monoisotopic (exact) mass is 350 g/mol. The fourth-order valence-corrected chi connectivity index (χ4v) is 5.02. The molecule has 0 N–H and O–H groups in total. The third-order valence-corrected chi connectivity index (χ3v) is 6.69. The molecule has 3 rings (SSSR count). The summed E-state index contributed by atoms with van der Waals surface area (Å²) in [7, 11) is 0. The average Bonchev–Trinajstić information content (AvgIpc) is 2.97. The van der Waals surface area contributed by atoms with Crippen molar-refractivity contribution < 1.29 is 4.79 Å². The van der Waals surface area contributed by atoms with Crippen molar-refractivity contribution >= 4 is 29.4 Å². The Morgan fingerprint density at radius 2 is 1.87 bits per heavy atom. The minimum Gasteiger partial charge on any atom is -0.326 e. The number of benzene rings is 1. The summed E-state index contributed by atoms with van der Waals surface area (Å²) in [6.45, 7) is 4.49. The number of carbonyl (C=O) groups excluding carboxylic acids is 1. The Hall–Kier alpha value is -0.650. The van der Waals surface area contributed by atoms with Crippen molar-refractivity contribution in [1.29, 1.82) is 0 Å². The van der Waals surface area contributed by atoms with E-state index in [9.17, 15) is 4.79 Å². The van der Waals surface area contributed by atoms with Gasteiger partial charge in [-0.05, 0) is 62.8 Å². The van der Waals surface area contributed by atoms with Crippen molar-refractivity contribution in [3.63, 3.8) is 0 Å². The Labute approximate surface area is 148 Å². The Balaban J connectivity index is 1.55. The molecule has 1 amide bonds. The first-order valence-electron chi connectivity index (χ1n) is 8.55. The van der Waals surface area contributed by atoms with E-state index in [-0.39, 0.29) is 5.37 Å². The zero-order valence-corrected chi connectivity index (χ0v) is 15.5. The highest BCUT2D eigenvalue weighted by atomic mass is 32.2. The van der Waals surface area contributed by atoms with Crippen LogP contribution in [-0.4, -0.2) is 53.9 Å². The lowest BCUT2D eigenvalue weighted by Gasteiger charge is -2.29. The fraction of sp³-hybridized carbons (Fsp3) is 0.611. The van der Waals surface area contributed by atoms with Crippen molar-refractivity contribution in [3.05, 3.63) is 29.8 Å². The first-order valence-corrected chi connectivity index (χ1v) is 10.8. The first-order chi connectivity index (χ1) is 11.3. The summed E-state index contributed by atoms with van der Waals surface area (Å²) < 4.78 is 0. The summed E-state index contributed by atoms with van der Waals surface area (Å²) in [5.41, 5.74) is 1.26. The molecule has 2 heterocycles. The first kappa shape index (κ1) is 17.2. The highest BCUT2D eigenvalue weighted by Crippen LogP contribution is 2.39. The normalized spacial score (nSPS) is 22.7. The summed E-state index contributed by atoms with van der Waals surface area (Å²) in [5.74, 6) is 0.922. The Bertz CT molecular complexity index is 514. The largest absolute Gasteiger partial charge is 0.326 e. The summed E-state index contributed by atoms with van der Waals surface area (Å²) in [4.78, 5) is 18.2. The molecular formula is C18H26N2OS2. The highest BCUT2D eigenvalue weighted by Gasteiger charge is 2.32. The molecule has 0 aliphatic carbocycles. The smallest absolute Gasteiger partial charge is 0.233 e. The van der Waals surface area contributed by atoms with Crippen molar-refractivity contribution in [2.75, 3.05) is 38.2 Å². The molecule has 5 heteroatoms. The maximum Gasteiger partial charge on any atom is 0.233 e. The van der Waals surface area contributed by atoms with E-state index in [1.54, 1.807) is 23.5 Å². The van der Waals surface area contributed by atoms with Gasteiger partial charge in [-0.1, -0.05) is 18.6 Å². The molecule has 23 heavy (non-hydrogen) atoms. The topological polar surface area (TPSA) is 23.6 Å². The Morgan fingerprint density at radius 1 is 1.13 bits per heavy atom. The molecule has 1 unspecified atom stereocenters. The van der Waals surface area contributed by atoms with Gasteiger partial charge in [-0.15, -0.1) is 23.5 Å². The standard InChI is InChI=1S/C18H26N2OS2/c1-22-16-8-6-15(7-9-16)18-20(17(21)14-23-18)13-5-12-19-10-3-2-4-11-19/h6-9,18H,2-5,10-14H2,1H3. The molecule has 2 aliphatic rings. The van der Waals surface area contributed by atoms with Gasteiger partial charge in [-0.3, -0.25) is 4.79 Å². The van der Waals surface area contributed by atoms with Crippen LogP contribution in [0.2, 0.25) is 0 Å². The highest BCUT2D eigenvalue weighted by molar-refractivity contribution is 8.00. The van der Waals surface area contributed by atoms with E-state index in [4.69, 9.17) is 0 Å². The zero-order valence-electron chi connectivity index (χ0n) is 13.9. The minimum atomic E-state index is 0.208. The van der Waals surface area contributed by atoms with Gasteiger partial charge in [0.25, 0.3) is 0 Å². The number of nitrogens with zero attached hydrogens (tertiary/aromatic N) is 2. The lowest BCUT2D eigenvalue weighted by molar-refractivity contribution is -0.128. The maximum atomic E-state index is 12.3. The molecule has 0 saturated carbocycles. The molecular weight excluding hydrogens is 324 g/mol. The van der Waals surface area contributed by atoms with Crippen LogP contribution in [0.3, 0.4) is 0 Å². The van der Waals surface area contributed by atoms with E-state index in [1.165, 1.54) is 42.8 Å². The second-order valence-corrected chi connectivity index (χ2v) is 8.23. The summed E-state index contributed by atoms with van der Waals surface area (Å²) >= 11 is 3.53. The van der Waals surface area contributed by atoms with E-state index in [1.807, 2.05) is 0 Å². The van der Waals surface area contributed by atoms with Gasteiger partial charge >= 0.3 is 0 Å². The van der Waals surface area contributed by atoms with Gasteiger partial charge in [-0.25, -0.2) is 0 Å². The number of amides is 1. The Morgan fingerprint density at radius 3 is 2.57 bits per heavy atom. The molecule has 1 aromatic rings. The number of piperidine rings is 1. The molecule has 2 saturated heterocycles. The average molecular weight is 351 g/mol. The van der Waals surface area contributed by atoms with Crippen molar-refractivity contribution in [2.24, 2.45) is 0 Å². The predicted octanol–water partition coefficient (Wildman–Crippen LogP) is 3.86. The maximum absolute atomic E-state index is 12.3. The SMILES string of the molecule is CSc1ccc(C2SCC(=O)N2CCCN2CCCCC2)cc1. The van der Waals surface area contributed by atoms with Crippen molar-refractivity contribution in [1.82, 2.24) is 9.80 Å². The Kier molecular flexibility index (Phi) is 6.31. The summed E-state index contributed by atoms with van der Waals surface area (Å²) in [6, 6.07) is 8.68.